The number of aliphatic hydroxyl groups is 1. The molecule has 0 fully saturated rings. The van der Waals surface area contributed by atoms with Gasteiger partial charge in [-0.1, -0.05) is 67.9 Å². The molecule has 2 aliphatic carbocycles. The molecule has 7 rings (SSSR count). The quantitative estimate of drug-likeness (QED) is 0.160. The molecule has 0 saturated heterocycles. The number of aromatic nitrogens is 1. The summed E-state index contributed by atoms with van der Waals surface area (Å²) in [7, 11) is 0. The van der Waals surface area contributed by atoms with E-state index in [9.17, 15) is 19.5 Å². The first-order valence-electron chi connectivity index (χ1n) is 17.5. The molecule has 3 aromatic carbocycles. The molecule has 1 atom stereocenters. The number of Topliss-reactive ketones (excluding diaryl/α,β-unsaturated/α-hetero) is 1. The molecule has 266 valence electrons. The van der Waals surface area contributed by atoms with Gasteiger partial charge in [0, 0.05) is 65.7 Å². The highest BCUT2D eigenvalue weighted by Gasteiger charge is 2.45. The molecule has 2 heterocycles. The summed E-state index contributed by atoms with van der Waals surface area (Å²) in [6.45, 7) is 4.41. The van der Waals surface area contributed by atoms with Crippen molar-refractivity contribution in [2.45, 2.75) is 65.0 Å². The Hall–Kier alpha value is -5.54. The molecule has 0 bridgehead atoms. The third-order valence-electron chi connectivity index (χ3n) is 9.65. The fourth-order valence-corrected chi connectivity index (χ4v) is 7.45. The average Bonchev–Trinajstić information content (AvgIpc) is 3.61. The maximum atomic E-state index is 14.5. The second kappa shape index (κ2) is 14.6. The molecule has 9 nitrogen and oxygen atoms in total. The van der Waals surface area contributed by atoms with Crippen LogP contribution in [0.3, 0.4) is 0 Å². The maximum absolute atomic E-state index is 14.5. The van der Waals surface area contributed by atoms with Crippen LogP contribution in [-0.4, -0.2) is 32.2 Å². The Bertz CT molecular complexity index is 2100. The van der Waals surface area contributed by atoms with Crippen molar-refractivity contribution in [2.75, 3.05) is 5.32 Å². The molecule has 3 N–H and O–H groups in total. The van der Waals surface area contributed by atoms with Gasteiger partial charge >= 0.3 is 0 Å². The number of nitrogens with one attached hydrogen (secondary N) is 2. The highest BCUT2D eigenvalue weighted by Crippen LogP contribution is 2.49. The van der Waals surface area contributed by atoms with E-state index in [2.05, 4.69) is 10.6 Å². The van der Waals surface area contributed by atoms with Crippen molar-refractivity contribution in [1.82, 2.24) is 14.8 Å². The summed E-state index contributed by atoms with van der Waals surface area (Å²) in [5.74, 6) is -0.162. The molecule has 0 spiro atoms. The first kappa shape index (κ1) is 34.9. The van der Waals surface area contributed by atoms with E-state index in [0.717, 1.165) is 11.3 Å². The lowest BCUT2D eigenvalue weighted by Crippen LogP contribution is -2.39. The van der Waals surface area contributed by atoms with E-state index in [1.165, 1.54) is 0 Å². The van der Waals surface area contributed by atoms with Crippen LogP contribution in [0.4, 0.5) is 5.69 Å². The summed E-state index contributed by atoms with van der Waals surface area (Å²) in [4.78, 5) is 43.5. The zero-order valence-corrected chi connectivity index (χ0v) is 30.0. The molecule has 0 unspecified atom stereocenters. The highest BCUT2D eigenvalue weighted by atomic mass is 35.5. The van der Waals surface area contributed by atoms with Gasteiger partial charge in [0.05, 0.1) is 11.7 Å². The van der Waals surface area contributed by atoms with Crippen LogP contribution in [0.15, 0.2) is 132 Å². The van der Waals surface area contributed by atoms with Crippen LogP contribution < -0.4 is 15.4 Å². The minimum Gasteiger partial charge on any atom is -0.510 e. The number of fused-ring (bicyclic) bond motifs is 1. The lowest BCUT2D eigenvalue weighted by molar-refractivity contribution is -0.132. The van der Waals surface area contributed by atoms with E-state index >= 15 is 0 Å². The van der Waals surface area contributed by atoms with Gasteiger partial charge < -0.3 is 25.0 Å². The molecule has 1 aromatic heterocycles. The van der Waals surface area contributed by atoms with Crippen molar-refractivity contribution in [1.29, 1.82) is 0 Å². The number of aliphatic hydroxyl groups excluding tert-OH is 1. The van der Waals surface area contributed by atoms with Gasteiger partial charge in [-0.05, 0) is 77.9 Å². The number of ether oxygens (including phenoxy) is 1. The van der Waals surface area contributed by atoms with Crippen LogP contribution in [0, 0.1) is 5.41 Å². The lowest BCUT2D eigenvalue weighted by Gasteiger charge is -2.37. The standard InChI is InChI=1S/C42H41ClN4O5/c1-42(2)24-33-39(36(49)25-42)41(31-18-17-30(23-32(31)43)52-26-27-9-4-3-5-10-27)47(34-11-8-12-35(48)40(34)45-33)38(51)20-19-37(50)44-28-13-15-29(16-14-28)46-21-6-7-22-46/h3-7,9-11,13-18,21-23,41,45,48H,8,12,19-20,24-26H2,1-2H3,(H,44,50)/t41-/m1/s1. The minimum absolute atomic E-state index is 0.0972. The van der Waals surface area contributed by atoms with Crippen molar-refractivity contribution < 1.29 is 24.2 Å². The topological polar surface area (TPSA) is 113 Å². The Kier molecular flexibility index (Phi) is 9.79. The molecule has 0 radical (unpaired) electrons. The van der Waals surface area contributed by atoms with Crippen LogP contribution in [0.5, 0.6) is 5.75 Å². The lowest BCUT2D eigenvalue weighted by atomic mass is 9.73. The van der Waals surface area contributed by atoms with Gasteiger partial charge in [-0.25, -0.2) is 0 Å². The summed E-state index contributed by atoms with van der Waals surface area (Å²) >= 11 is 7.05. The zero-order chi connectivity index (χ0) is 36.4. The van der Waals surface area contributed by atoms with Crippen LogP contribution in [0.1, 0.15) is 69.5 Å². The van der Waals surface area contributed by atoms with E-state index in [1.54, 1.807) is 23.1 Å². The largest absolute Gasteiger partial charge is 0.510 e. The minimum atomic E-state index is -0.909. The predicted molar refractivity (Wildman–Crippen MR) is 201 cm³/mol. The first-order valence-corrected chi connectivity index (χ1v) is 17.9. The number of ketones is 1. The second-order valence-corrected chi connectivity index (χ2v) is 14.6. The Morgan fingerprint density at radius 3 is 2.46 bits per heavy atom. The summed E-state index contributed by atoms with van der Waals surface area (Å²) < 4.78 is 8.02. The number of anilines is 1. The number of nitrogens with zero attached hydrogens (tertiary/aromatic N) is 2. The number of rotatable bonds is 9. The second-order valence-electron chi connectivity index (χ2n) is 14.2. The number of allylic oxidation sites excluding steroid dienone is 3. The van der Waals surface area contributed by atoms with Crippen molar-refractivity contribution in [3.05, 3.63) is 148 Å². The van der Waals surface area contributed by atoms with Crippen LogP contribution >= 0.6 is 11.6 Å². The monoisotopic (exact) mass is 716 g/mol. The fraction of sp³-hybridized carbons (Fsp3) is 0.262. The number of carbonyl (C=O) groups excluding carboxylic acids is 3. The van der Waals surface area contributed by atoms with Gasteiger partial charge in [0.25, 0.3) is 0 Å². The summed E-state index contributed by atoms with van der Waals surface area (Å²) in [6, 6.07) is 25.5. The molecule has 3 aliphatic rings. The molecule has 10 heteroatoms. The van der Waals surface area contributed by atoms with E-state index in [1.807, 2.05) is 104 Å². The SMILES string of the molecule is CC1(C)CC(=O)C2=C(C1)NC1=C(O)CCC=C1N(C(=O)CCC(=O)Nc1ccc(-n3cccc3)cc1)[C@@H]2c1ccc(OCc2ccccc2)cc1Cl. The summed E-state index contributed by atoms with van der Waals surface area (Å²) in [5, 5.41) is 17.8. The number of amides is 2. The normalized spacial score (nSPS) is 18.1. The van der Waals surface area contributed by atoms with Crippen molar-refractivity contribution in [3.63, 3.8) is 0 Å². The van der Waals surface area contributed by atoms with Crippen LogP contribution in [-0.2, 0) is 21.0 Å². The molecule has 4 aromatic rings. The predicted octanol–water partition coefficient (Wildman–Crippen LogP) is 8.69. The highest BCUT2D eigenvalue weighted by molar-refractivity contribution is 6.31. The molecular formula is C42H41ClN4O5. The van der Waals surface area contributed by atoms with Crippen molar-refractivity contribution in [3.8, 4) is 11.4 Å². The zero-order valence-electron chi connectivity index (χ0n) is 29.2. The van der Waals surface area contributed by atoms with E-state index in [4.69, 9.17) is 16.3 Å². The summed E-state index contributed by atoms with van der Waals surface area (Å²) in [6.07, 6.45) is 7.22. The van der Waals surface area contributed by atoms with E-state index < -0.39 is 6.04 Å². The van der Waals surface area contributed by atoms with E-state index in [0.29, 0.717) is 70.6 Å². The Morgan fingerprint density at radius 2 is 1.73 bits per heavy atom. The van der Waals surface area contributed by atoms with Crippen LogP contribution in [0.25, 0.3) is 5.69 Å². The number of hydrogen-bond donors (Lipinski definition) is 3. The van der Waals surface area contributed by atoms with Gasteiger partial charge in [0.15, 0.2) is 5.78 Å². The Balaban J connectivity index is 1.20. The van der Waals surface area contributed by atoms with Gasteiger partial charge in [-0.3, -0.25) is 19.3 Å². The molecule has 0 saturated carbocycles. The number of carbonyl (C=O) groups is 3. The van der Waals surface area contributed by atoms with Crippen molar-refractivity contribution in [2.24, 2.45) is 5.41 Å². The summed E-state index contributed by atoms with van der Waals surface area (Å²) in [5.41, 5.74) is 4.69. The maximum Gasteiger partial charge on any atom is 0.228 e. The van der Waals surface area contributed by atoms with E-state index in [-0.39, 0.29) is 48.0 Å². The molecule has 52 heavy (non-hydrogen) atoms. The number of hydrogen-bond acceptors (Lipinski definition) is 6. The average molecular weight is 717 g/mol. The molecule has 2 amide bonds. The van der Waals surface area contributed by atoms with Crippen LogP contribution in [0.2, 0.25) is 5.02 Å². The van der Waals surface area contributed by atoms with Gasteiger partial charge in [0.1, 0.15) is 23.8 Å². The fourth-order valence-electron chi connectivity index (χ4n) is 7.18. The smallest absolute Gasteiger partial charge is 0.228 e. The van der Waals surface area contributed by atoms with Gasteiger partial charge in [0.2, 0.25) is 11.8 Å². The molecule has 1 aliphatic heterocycles. The third kappa shape index (κ3) is 7.41. The first-order chi connectivity index (χ1) is 25.1. The van der Waals surface area contributed by atoms with Gasteiger partial charge in [-0.15, -0.1) is 0 Å². The van der Waals surface area contributed by atoms with Crippen molar-refractivity contribution >= 4 is 34.9 Å². The number of halogens is 1. The molecular weight excluding hydrogens is 676 g/mol. The number of benzene rings is 3. The Morgan fingerprint density at radius 1 is 0.981 bits per heavy atom. The third-order valence-corrected chi connectivity index (χ3v) is 9.98. The van der Waals surface area contributed by atoms with Gasteiger partial charge in [-0.2, -0.15) is 0 Å². The Labute approximate surface area is 308 Å².